The standard InChI is InChI=1S/C15H15NO4/c16-15(19)13(8-20-9-14(17)18)12-7-3-5-10-4-1-2-6-11(10)12/h1-7,13H,8-9H2,(H2,16,19)(H,17,18). The highest BCUT2D eigenvalue weighted by molar-refractivity contribution is 5.92. The maximum atomic E-state index is 11.6. The van der Waals surface area contributed by atoms with Gasteiger partial charge in [0.25, 0.3) is 0 Å². The SMILES string of the molecule is NC(=O)C(COCC(=O)O)c1cccc2ccccc12. The topological polar surface area (TPSA) is 89.6 Å². The second kappa shape index (κ2) is 6.16. The molecule has 0 bridgehead atoms. The number of carbonyl (C=O) groups excluding carboxylic acids is 1. The summed E-state index contributed by atoms with van der Waals surface area (Å²) in [7, 11) is 0. The van der Waals surface area contributed by atoms with Gasteiger partial charge >= 0.3 is 5.97 Å². The van der Waals surface area contributed by atoms with E-state index in [-0.39, 0.29) is 6.61 Å². The summed E-state index contributed by atoms with van der Waals surface area (Å²) < 4.78 is 5.02. The van der Waals surface area contributed by atoms with Crippen LogP contribution in [-0.2, 0) is 14.3 Å². The average molecular weight is 273 g/mol. The van der Waals surface area contributed by atoms with Crippen LogP contribution in [0.15, 0.2) is 42.5 Å². The van der Waals surface area contributed by atoms with E-state index in [4.69, 9.17) is 15.6 Å². The summed E-state index contributed by atoms with van der Waals surface area (Å²) in [5, 5.41) is 10.5. The lowest BCUT2D eigenvalue weighted by molar-refractivity contribution is -0.143. The minimum Gasteiger partial charge on any atom is -0.480 e. The molecule has 0 aliphatic rings. The fourth-order valence-electron chi connectivity index (χ4n) is 2.14. The number of primary amides is 1. The number of hydrogen-bond acceptors (Lipinski definition) is 3. The number of aliphatic carboxylic acids is 1. The van der Waals surface area contributed by atoms with Crippen LogP contribution in [0.1, 0.15) is 11.5 Å². The molecule has 1 amide bonds. The number of carbonyl (C=O) groups is 2. The van der Waals surface area contributed by atoms with Crippen molar-refractivity contribution in [2.45, 2.75) is 5.92 Å². The third kappa shape index (κ3) is 3.13. The number of rotatable bonds is 6. The fraction of sp³-hybridized carbons (Fsp3) is 0.200. The summed E-state index contributed by atoms with van der Waals surface area (Å²) in [5.74, 6) is -2.28. The Morgan fingerprint density at radius 1 is 1.15 bits per heavy atom. The molecule has 0 saturated heterocycles. The lowest BCUT2D eigenvalue weighted by atomic mass is 9.93. The Morgan fingerprint density at radius 3 is 2.55 bits per heavy atom. The molecule has 0 radical (unpaired) electrons. The number of ether oxygens (including phenoxy) is 1. The van der Waals surface area contributed by atoms with E-state index < -0.39 is 24.4 Å². The van der Waals surface area contributed by atoms with Gasteiger partial charge in [-0.2, -0.15) is 0 Å². The van der Waals surface area contributed by atoms with Gasteiger partial charge in [0.1, 0.15) is 6.61 Å². The highest BCUT2D eigenvalue weighted by atomic mass is 16.5. The van der Waals surface area contributed by atoms with Crippen LogP contribution in [0.25, 0.3) is 10.8 Å². The van der Waals surface area contributed by atoms with Crippen LogP contribution < -0.4 is 5.73 Å². The van der Waals surface area contributed by atoms with Crippen LogP contribution in [0, 0.1) is 0 Å². The average Bonchev–Trinajstić information content (AvgIpc) is 2.42. The van der Waals surface area contributed by atoms with E-state index in [0.29, 0.717) is 0 Å². The highest BCUT2D eigenvalue weighted by Crippen LogP contribution is 2.25. The van der Waals surface area contributed by atoms with Gasteiger partial charge in [0.05, 0.1) is 12.5 Å². The Hall–Kier alpha value is -2.40. The summed E-state index contributed by atoms with van der Waals surface area (Å²) in [4.78, 5) is 22.1. The van der Waals surface area contributed by atoms with Crippen LogP contribution >= 0.6 is 0 Å². The molecule has 0 aliphatic carbocycles. The monoisotopic (exact) mass is 273 g/mol. The van der Waals surface area contributed by atoms with Gasteiger partial charge in [-0.1, -0.05) is 42.5 Å². The predicted molar refractivity (Wildman–Crippen MR) is 74.3 cm³/mol. The van der Waals surface area contributed by atoms with Crippen molar-refractivity contribution in [1.29, 1.82) is 0 Å². The van der Waals surface area contributed by atoms with Crippen molar-refractivity contribution in [2.24, 2.45) is 5.73 Å². The minimum atomic E-state index is -1.08. The molecular formula is C15H15NO4. The minimum absolute atomic E-state index is 0.0460. The first-order chi connectivity index (χ1) is 9.59. The second-order valence-electron chi connectivity index (χ2n) is 4.43. The smallest absolute Gasteiger partial charge is 0.329 e. The van der Waals surface area contributed by atoms with Crippen molar-refractivity contribution < 1.29 is 19.4 Å². The van der Waals surface area contributed by atoms with E-state index in [0.717, 1.165) is 16.3 Å². The van der Waals surface area contributed by atoms with Gasteiger partial charge in [0.2, 0.25) is 5.91 Å². The zero-order valence-corrected chi connectivity index (χ0v) is 10.8. The maximum Gasteiger partial charge on any atom is 0.329 e. The number of fused-ring (bicyclic) bond motifs is 1. The zero-order chi connectivity index (χ0) is 14.5. The molecule has 2 aromatic rings. The molecule has 20 heavy (non-hydrogen) atoms. The van der Waals surface area contributed by atoms with Crippen molar-refractivity contribution in [2.75, 3.05) is 13.2 Å². The normalized spacial score (nSPS) is 12.2. The van der Waals surface area contributed by atoms with Crippen LogP contribution in [0.3, 0.4) is 0 Å². The molecule has 0 saturated carbocycles. The van der Waals surface area contributed by atoms with Gasteiger partial charge in [-0.3, -0.25) is 4.79 Å². The third-order valence-corrected chi connectivity index (χ3v) is 3.05. The van der Waals surface area contributed by atoms with E-state index in [1.807, 2.05) is 42.5 Å². The van der Waals surface area contributed by atoms with Gasteiger partial charge < -0.3 is 15.6 Å². The molecule has 0 aromatic heterocycles. The van der Waals surface area contributed by atoms with Crippen LogP contribution in [0.4, 0.5) is 0 Å². The second-order valence-corrected chi connectivity index (χ2v) is 4.43. The number of carboxylic acid groups (broad SMARTS) is 1. The summed E-state index contributed by atoms with van der Waals surface area (Å²) >= 11 is 0. The Morgan fingerprint density at radius 2 is 1.85 bits per heavy atom. The summed E-state index contributed by atoms with van der Waals surface area (Å²) in [6.45, 7) is -0.496. The molecule has 3 N–H and O–H groups in total. The van der Waals surface area contributed by atoms with Gasteiger partial charge in [0, 0.05) is 0 Å². The molecule has 2 aromatic carbocycles. The van der Waals surface area contributed by atoms with E-state index in [1.54, 1.807) is 0 Å². The molecule has 5 heteroatoms. The number of nitrogens with two attached hydrogens (primary N) is 1. The predicted octanol–water partition coefficient (Wildman–Crippen LogP) is 1.51. The largest absolute Gasteiger partial charge is 0.480 e. The summed E-state index contributed by atoms with van der Waals surface area (Å²) in [6, 6.07) is 13.2. The van der Waals surface area contributed by atoms with Crippen molar-refractivity contribution in [3.8, 4) is 0 Å². The Labute approximate surface area is 116 Å². The van der Waals surface area contributed by atoms with Gasteiger partial charge in [0.15, 0.2) is 0 Å². The quantitative estimate of drug-likeness (QED) is 0.834. The summed E-state index contributed by atoms with van der Waals surface area (Å²) in [6.07, 6.45) is 0. The van der Waals surface area contributed by atoms with Crippen LogP contribution in [0.2, 0.25) is 0 Å². The first kappa shape index (κ1) is 14.0. The molecule has 0 heterocycles. The number of hydrogen-bond donors (Lipinski definition) is 2. The molecule has 1 unspecified atom stereocenters. The molecular weight excluding hydrogens is 258 g/mol. The van der Waals surface area contributed by atoms with Gasteiger partial charge in [-0.15, -0.1) is 0 Å². The molecule has 104 valence electrons. The number of carboxylic acids is 1. The van der Waals surface area contributed by atoms with Crippen molar-refractivity contribution >= 4 is 22.6 Å². The van der Waals surface area contributed by atoms with Crippen molar-refractivity contribution in [1.82, 2.24) is 0 Å². The lowest BCUT2D eigenvalue weighted by Crippen LogP contribution is -2.26. The van der Waals surface area contributed by atoms with Crippen LogP contribution in [0.5, 0.6) is 0 Å². The van der Waals surface area contributed by atoms with E-state index in [2.05, 4.69) is 0 Å². The highest BCUT2D eigenvalue weighted by Gasteiger charge is 2.20. The van der Waals surface area contributed by atoms with E-state index >= 15 is 0 Å². The van der Waals surface area contributed by atoms with Gasteiger partial charge in [-0.25, -0.2) is 4.79 Å². The first-order valence-corrected chi connectivity index (χ1v) is 6.16. The zero-order valence-electron chi connectivity index (χ0n) is 10.8. The lowest BCUT2D eigenvalue weighted by Gasteiger charge is -2.16. The molecule has 5 nitrogen and oxygen atoms in total. The van der Waals surface area contributed by atoms with Crippen molar-refractivity contribution in [3.63, 3.8) is 0 Å². The Bertz CT molecular complexity index is 633. The van der Waals surface area contributed by atoms with E-state index in [9.17, 15) is 9.59 Å². The van der Waals surface area contributed by atoms with Gasteiger partial charge in [-0.05, 0) is 16.3 Å². The third-order valence-electron chi connectivity index (χ3n) is 3.05. The molecule has 0 fully saturated rings. The Kier molecular flexibility index (Phi) is 4.32. The fourth-order valence-corrected chi connectivity index (χ4v) is 2.14. The number of amides is 1. The molecule has 1 atom stereocenters. The first-order valence-electron chi connectivity index (χ1n) is 6.16. The Balaban J connectivity index is 2.32. The summed E-state index contributed by atoms with van der Waals surface area (Å²) in [5.41, 5.74) is 6.16. The molecule has 2 rings (SSSR count). The maximum absolute atomic E-state index is 11.6. The number of benzene rings is 2. The van der Waals surface area contributed by atoms with Crippen molar-refractivity contribution in [3.05, 3.63) is 48.0 Å². The molecule has 0 spiro atoms. The van der Waals surface area contributed by atoms with E-state index in [1.165, 1.54) is 0 Å². The van der Waals surface area contributed by atoms with Crippen LogP contribution in [-0.4, -0.2) is 30.2 Å². The molecule has 0 aliphatic heterocycles.